The molecule has 0 amide bonds. The number of hydrogen-bond acceptors (Lipinski definition) is 2. The van der Waals surface area contributed by atoms with Crippen molar-refractivity contribution < 1.29 is 4.74 Å². The van der Waals surface area contributed by atoms with Gasteiger partial charge in [-0.3, -0.25) is 0 Å². The van der Waals surface area contributed by atoms with Crippen molar-refractivity contribution in [1.29, 1.82) is 0 Å². The molecule has 170 valence electrons. The topological polar surface area (TPSA) is 32.0 Å². The van der Waals surface area contributed by atoms with Crippen LogP contribution in [0.5, 0.6) is 5.75 Å². The average molecular weight is 488 g/mol. The second-order valence-electron chi connectivity index (χ2n) is 8.09. The molecule has 0 saturated heterocycles. The minimum atomic E-state index is -0.0391. The Bertz CT molecular complexity index is 1380. The Kier molecular flexibility index (Phi) is 6.43. The Labute approximate surface area is 209 Å². The first-order valence-electron chi connectivity index (χ1n) is 10.9. The molecule has 34 heavy (non-hydrogen) atoms. The lowest BCUT2D eigenvalue weighted by molar-refractivity contribution is 0.415. The molecule has 1 unspecified atom stereocenters. The van der Waals surface area contributed by atoms with Gasteiger partial charge in [-0.15, -0.1) is 0 Å². The van der Waals surface area contributed by atoms with Crippen LogP contribution in [0.2, 0.25) is 10.0 Å². The minimum Gasteiger partial charge on any atom is -0.497 e. The highest BCUT2D eigenvalue weighted by molar-refractivity contribution is 6.35. The zero-order valence-corrected chi connectivity index (χ0v) is 20.1. The number of halogens is 2. The first kappa shape index (κ1) is 22.3. The molecule has 2 aromatic heterocycles. The fraction of sp³-hybridized carbons (Fsp3) is 0.107. The molecule has 0 aliphatic heterocycles. The largest absolute Gasteiger partial charge is 0.497 e. The van der Waals surface area contributed by atoms with E-state index >= 15 is 0 Å². The fourth-order valence-corrected chi connectivity index (χ4v) is 4.73. The number of rotatable bonds is 7. The molecular weight excluding hydrogens is 465 g/mol. The molecule has 4 nitrogen and oxygen atoms in total. The number of hydrogen-bond donors (Lipinski definition) is 0. The van der Waals surface area contributed by atoms with Crippen LogP contribution in [0.3, 0.4) is 0 Å². The molecule has 0 radical (unpaired) electrons. The summed E-state index contributed by atoms with van der Waals surface area (Å²) in [6.07, 6.45) is 10.1. The van der Waals surface area contributed by atoms with Crippen molar-refractivity contribution in [3.8, 4) is 16.9 Å². The van der Waals surface area contributed by atoms with Gasteiger partial charge in [-0.1, -0.05) is 71.7 Å². The summed E-state index contributed by atoms with van der Waals surface area (Å²) in [4.78, 5) is 4.32. The number of ether oxygens (including phenoxy) is 1. The van der Waals surface area contributed by atoms with E-state index in [1.807, 2.05) is 49.1 Å². The smallest absolute Gasteiger partial charge is 0.118 e. The third kappa shape index (κ3) is 4.60. The van der Waals surface area contributed by atoms with Crippen LogP contribution in [0.1, 0.15) is 22.7 Å². The van der Waals surface area contributed by atoms with Gasteiger partial charge >= 0.3 is 0 Å². The van der Waals surface area contributed by atoms with E-state index < -0.39 is 0 Å². The molecule has 0 bridgehead atoms. The lowest BCUT2D eigenvalue weighted by Gasteiger charge is -2.20. The molecule has 0 N–H and O–H groups in total. The van der Waals surface area contributed by atoms with Crippen LogP contribution >= 0.6 is 23.2 Å². The Morgan fingerprint density at radius 2 is 1.74 bits per heavy atom. The van der Waals surface area contributed by atoms with Crippen LogP contribution in [0.4, 0.5) is 0 Å². The van der Waals surface area contributed by atoms with Crippen molar-refractivity contribution >= 4 is 23.2 Å². The zero-order valence-electron chi connectivity index (χ0n) is 18.6. The molecule has 0 saturated carbocycles. The van der Waals surface area contributed by atoms with Crippen molar-refractivity contribution in [3.63, 3.8) is 0 Å². The van der Waals surface area contributed by atoms with E-state index in [0.717, 1.165) is 22.4 Å². The van der Waals surface area contributed by atoms with Gasteiger partial charge in [0.2, 0.25) is 0 Å². The molecule has 3 aromatic carbocycles. The number of imidazole rings is 1. The maximum absolute atomic E-state index is 6.49. The van der Waals surface area contributed by atoms with Crippen LogP contribution in [0, 0.1) is 0 Å². The Hall–Kier alpha value is -3.47. The molecular formula is C28H23Cl2N3O. The zero-order chi connectivity index (χ0) is 23.5. The monoisotopic (exact) mass is 487 g/mol. The predicted molar refractivity (Wildman–Crippen MR) is 138 cm³/mol. The Morgan fingerprint density at radius 3 is 2.41 bits per heavy atom. The summed E-state index contributed by atoms with van der Waals surface area (Å²) in [5, 5.41) is 1.29. The minimum absolute atomic E-state index is 0.0391. The SMILES string of the molecule is COc1ccc(-c2cn(Cc3ccc(Cl)cc3Cl)cc2C(c2ccccc2)n2ccnc2)cc1. The summed E-state index contributed by atoms with van der Waals surface area (Å²) in [5.74, 6) is 0.826. The van der Waals surface area contributed by atoms with E-state index in [9.17, 15) is 0 Å². The van der Waals surface area contributed by atoms with Crippen LogP contribution in [-0.2, 0) is 6.54 Å². The van der Waals surface area contributed by atoms with Gasteiger partial charge in [0, 0.05) is 52.5 Å². The van der Waals surface area contributed by atoms with E-state index in [0.29, 0.717) is 16.6 Å². The number of benzene rings is 3. The molecule has 0 aliphatic carbocycles. The van der Waals surface area contributed by atoms with E-state index in [4.69, 9.17) is 27.9 Å². The second kappa shape index (κ2) is 9.80. The summed E-state index contributed by atoms with van der Waals surface area (Å²) in [6.45, 7) is 0.630. The number of nitrogens with zero attached hydrogens (tertiary/aromatic N) is 3. The van der Waals surface area contributed by atoms with Gasteiger partial charge in [0.05, 0.1) is 19.5 Å². The van der Waals surface area contributed by atoms with E-state index in [1.54, 1.807) is 13.2 Å². The Morgan fingerprint density at radius 1 is 0.941 bits per heavy atom. The molecule has 5 rings (SSSR count). The normalized spacial score (nSPS) is 12.0. The van der Waals surface area contributed by atoms with E-state index in [-0.39, 0.29) is 6.04 Å². The summed E-state index contributed by atoms with van der Waals surface area (Å²) in [7, 11) is 1.68. The molecule has 5 aromatic rings. The molecule has 1 atom stereocenters. The molecule has 0 fully saturated rings. The summed E-state index contributed by atoms with van der Waals surface area (Å²) in [6, 6.07) is 24.2. The highest BCUT2D eigenvalue weighted by Crippen LogP contribution is 2.36. The van der Waals surface area contributed by atoms with Crippen molar-refractivity contribution in [1.82, 2.24) is 14.1 Å². The number of aromatic nitrogens is 3. The van der Waals surface area contributed by atoms with Crippen molar-refractivity contribution in [2.75, 3.05) is 7.11 Å². The highest BCUT2D eigenvalue weighted by Gasteiger charge is 2.22. The molecule has 2 heterocycles. The first-order chi connectivity index (χ1) is 16.6. The number of methoxy groups -OCH3 is 1. The van der Waals surface area contributed by atoms with Gasteiger partial charge in [-0.2, -0.15) is 0 Å². The second-order valence-corrected chi connectivity index (χ2v) is 8.93. The van der Waals surface area contributed by atoms with Gasteiger partial charge in [-0.25, -0.2) is 4.98 Å². The fourth-order valence-electron chi connectivity index (χ4n) is 4.26. The van der Waals surface area contributed by atoms with Crippen molar-refractivity contribution in [2.45, 2.75) is 12.6 Å². The molecule has 0 spiro atoms. The summed E-state index contributed by atoms with van der Waals surface area (Å²) in [5.41, 5.74) is 5.60. The van der Waals surface area contributed by atoms with Crippen LogP contribution < -0.4 is 4.74 Å². The van der Waals surface area contributed by atoms with Gasteiger partial charge < -0.3 is 13.9 Å². The first-order valence-corrected chi connectivity index (χ1v) is 11.7. The Balaban J connectivity index is 1.65. The van der Waals surface area contributed by atoms with Crippen LogP contribution in [-0.4, -0.2) is 21.2 Å². The standard InChI is InChI=1S/C28H23Cl2N3O/c1-34-24-11-8-20(9-12-24)25-17-32(16-22-7-10-23(29)15-27(22)30)18-26(25)28(33-14-13-31-19-33)21-5-3-2-4-6-21/h2-15,17-19,28H,16H2,1H3. The maximum Gasteiger partial charge on any atom is 0.118 e. The van der Waals surface area contributed by atoms with Crippen LogP contribution in [0.25, 0.3) is 11.1 Å². The molecule has 6 heteroatoms. The highest BCUT2D eigenvalue weighted by atomic mass is 35.5. The average Bonchev–Trinajstić information content (AvgIpc) is 3.53. The van der Waals surface area contributed by atoms with E-state index in [2.05, 4.69) is 62.9 Å². The lowest BCUT2D eigenvalue weighted by Crippen LogP contribution is -2.11. The van der Waals surface area contributed by atoms with Gasteiger partial charge in [0.25, 0.3) is 0 Å². The predicted octanol–water partition coefficient (Wildman–Crippen LogP) is 7.35. The van der Waals surface area contributed by atoms with Gasteiger partial charge in [0.1, 0.15) is 5.75 Å². The van der Waals surface area contributed by atoms with Crippen LogP contribution in [0.15, 0.2) is 104 Å². The quantitative estimate of drug-likeness (QED) is 0.240. The third-order valence-corrected chi connectivity index (χ3v) is 6.50. The van der Waals surface area contributed by atoms with Gasteiger partial charge in [-0.05, 0) is 41.0 Å². The lowest BCUT2D eigenvalue weighted by atomic mass is 9.94. The van der Waals surface area contributed by atoms with E-state index in [1.165, 1.54) is 11.1 Å². The third-order valence-electron chi connectivity index (χ3n) is 5.91. The maximum atomic E-state index is 6.49. The van der Waals surface area contributed by atoms with Crippen molar-refractivity contribution in [3.05, 3.63) is 131 Å². The summed E-state index contributed by atoms with van der Waals surface area (Å²) < 4.78 is 9.69. The molecule has 0 aliphatic rings. The van der Waals surface area contributed by atoms with Crippen molar-refractivity contribution in [2.24, 2.45) is 0 Å². The summed E-state index contributed by atoms with van der Waals surface area (Å²) >= 11 is 12.6. The van der Waals surface area contributed by atoms with Gasteiger partial charge in [0.15, 0.2) is 0 Å².